The number of rotatable bonds is 17. The normalized spacial score (nSPS) is 14.2. The number of aliphatic carboxylic acids is 2. The molecule has 0 rings (SSSR count). The molecule has 0 aromatic carbocycles. The minimum Gasteiger partial charge on any atom is -0.481 e. The van der Waals surface area contributed by atoms with Crippen LogP contribution in [0.2, 0.25) is 0 Å². The maximum absolute atomic E-state index is 11.4. The first kappa shape index (κ1) is 25.8. The predicted molar refractivity (Wildman–Crippen MR) is 100 cm³/mol. The summed E-state index contributed by atoms with van der Waals surface area (Å²) in [5, 5.41) is 28.1. The molecule has 0 saturated heterocycles. The van der Waals surface area contributed by atoms with Crippen molar-refractivity contribution < 1.29 is 37.9 Å². The summed E-state index contributed by atoms with van der Waals surface area (Å²) in [6.45, 7) is 2.02. The van der Waals surface area contributed by atoms with Crippen LogP contribution in [-0.4, -0.2) is 76.1 Å². The molecule has 0 bridgehead atoms. The summed E-state index contributed by atoms with van der Waals surface area (Å²) in [5.74, 6) is -3.58. The average Bonchev–Trinajstić information content (AvgIpc) is 2.52. The molecule has 0 aliphatic heterocycles. The van der Waals surface area contributed by atoms with Gasteiger partial charge in [0.2, 0.25) is 0 Å². The molecule has 10 heteroatoms. The number of carbonyl (C=O) groups is 2. The van der Waals surface area contributed by atoms with Gasteiger partial charge in [-0.1, -0.05) is 51.9 Å². The molecule has 0 amide bonds. The fourth-order valence-electron chi connectivity index (χ4n) is 2.93. The highest BCUT2D eigenvalue weighted by Gasteiger charge is 2.30. The lowest BCUT2D eigenvalue weighted by Gasteiger charge is -2.29. The number of carboxylic acids is 2. The molecule has 4 N–H and O–H groups in total. The lowest BCUT2D eigenvalue weighted by atomic mass is 10.1. The van der Waals surface area contributed by atoms with Gasteiger partial charge in [-0.25, -0.2) is 0 Å². The Balaban J connectivity index is 4.67. The summed E-state index contributed by atoms with van der Waals surface area (Å²) < 4.78 is 30.6. The molecule has 0 spiro atoms. The lowest BCUT2D eigenvalue weighted by Crippen LogP contribution is -2.47. The fourth-order valence-corrected chi connectivity index (χ4v) is 3.52. The van der Waals surface area contributed by atoms with E-state index in [0.29, 0.717) is 6.42 Å². The highest BCUT2D eigenvalue weighted by atomic mass is 32.2. The van der Waals surface area contributed by atoms with E-state index in [0.717, 1.165) is 25.7 Å². The van der Waals surface area contributed by atoms with Gasteiger partial charge in [0, 0.05) is 6.54 Å². The second-order valence-corrected chi connectivity index (χ2v) is 8.32. The van der Waals surface area contributed by atoms with Gasteiger partial charge in [-0.15, -0.1) is 0 Å². The highest BCUT2D eigenvalue weighted by Crippen LogP contribution is 2.13. The zero-order chi connectivity index (χ0) is 20.9. The van der Waals surface area contributed by atoms with Gasteiger partial charge in [0.15, 0.2) is 0 Å². The largest absolute Gasteiger partial charge is 0.481 e. The highest BCUT2D eigenvalue weighted by molar-refractivity contribution is 7.85. The molecule has 0 aliphatic carbocycles. The van der Waals surface area contributed by atoms with Crippen LogP contribution < -0.4 is 0 Å². The SMILES string of the molecule is CCCCCCCCCCN(CC(O)CS(=O)(=O)O)[C@@H](CC(=O)O)C(=O)O. The number of unbranched alkanes of at least 4 members (excludes halogenated alkanes) is 7. The Labute approximate surface area is 161 Å². The number of nitrogens with zero attached hydrogens (tertiary/aromatic N) is 1. The number of hydrogen-bond acceptors (Lipinski definition) is 6. The minimum atomic E-state index is -4.42. The van der Waals surface area contributed by atoms with Gasteiger partial charge in [0.05, 0.1) is 12.5 Å². The first-order valence-electron chi connectivity index (χ1n) is 9.38. The summed E-state index contributed by atoms with van der Waals surface area (Å²) in [6.07, 6.45) is 6.01. The van der Waals surface area contributed by atoms with Crippen molar-refractivity contribution in [2.24, 2.45) is 0 Å². The third-order valence-electron chi connectivity index (χ3n) is 4.24. The number of aliphatic hydroxyl groups excluding tert-OH is 1. The van der Waals surface area contributed by atoms with Gasteiger partial charge in [-0.05, 0) is 13.0 Å². The van der Waals surface area contributed by atoms with Gasteiger partial charge in [-0.2, -0.15) is 8.42 Å². The van der Waals surface area contributed by atoms with Crippen molar-refractivity contribution in [3.63, 3.8) is 0 Å². The Morgan fingerprint density at radius 1 is 0.963 bits per heavy atom. The van der Waals surface area contributed by atoms with Crippen LogP contribution in [0, 0.1) is 0 Å². The molecule has 2 atom stereocenters. The van der Waals surface area contributed by atoms with Crippen molar-refractivity contribution in [3.8, 4) is 0 Å². The van der Waals surface area contributed by atoms with Crippen molar-refractivity contribution in [1.82, 2.24) is 4.90 Å². The van der Waals surface area contributed by atoms with E-state index in [1.165, 1.54) is 24.2 Å². The van der Waals surface area contributed by atoms with Crippen LogP contribution in [0.5, 0.6) is 0 Å². The van der Waals surface area contributed by atoms with Crippen molar-refractivity contribution in [2.75, 3.05) is 18.8 Å². The minimum absolute atomic E-state index is 0.224. The van der Waals surface area contributed by atoms with Crippen LogP contribution >= 0.6 is 0 Å². The van der Waals surface area contributed by atoms with Gasteiger partial charge >= 0.3 is 11.9 Å². The quantitative estimate of drug-likeness (QED) is 0.206. The molecule has 0 aromatic rings. The van der Waals surface area contributed by atoms with E-state index in [4.69, 9.17) is 9.66 Å². The molecule has 0 radical (unpaired) electrons. The summed E-state index contributed by atoms with van der Waals surface area (Å²) in [6, 6.07) is -1.37. The average molecular weight is 412 g/mol. The summed E-state index contributed by atoms with van der Waals surface area (Å²) in [7, 11) is -4.42. The van der Waals surface area contributed by atoms with Crippen LogP contribution in [0.4, 0.5) is 0 Å². The van der Waals surface area contributed by atoms with Gasteiger partial charge < -0.3 is 15.3 Å². The summed E-state index contributed by atoms with van der Waals surface area (Å²) in [5.41, 5.74) is 0. The van der Waals surface area contributed by atoms with E-state index in [9.17, 15) is 28.2 Å². The lowest BCUT2D eigenvalue weighted by molar-refractivity contribution is -0.150. The Morgan fingerprint density at radius 3 is 1.93 bits per heavy atom. The predicted octanol–water partition coefficient (Wildman–Crippen LogP) is 1.61. The second-order valence-electron chi connectivity index (χ2n) is 6.82. The van der Waals surface area contributed by atoms with Gasteiger partial charge in [0.25, 0.3) is 10.1 Å². The standard InChI is InChI=1S/C17H33NO8S/c1-2-3-4-5-6-7-8-9-10-18(12-14(19)13-27(24,25)26)15(17(22)23)11-16(20)21/h14-15,19H,2-13H2,1H3,(H,20,21)(H,22,23)(H,24,25,26)/t14?,15-/m0/s1. The van der Waals surface area contributed by atoms with Crippen LogP contribution in [-0.2, 0) is 19.7 Å². The van der Waals surface area contributed by atoms with E-state index >= 15 is 0 Å². The van der Waals surface area contributed by atoms with Crippen LogP contribution in [0.3, 0.4) is 0 Å². The molecule has 1 unspecified atom stereocenters. The van der Waals surface area contributed by atoms with E-state index < -0.39 is 46.4 Å². The van der Waals surface area contributed by atoms with E-state index in [-0.39, 0.29) is 13.1 Å². The van der Waals surface area contributed by atoms with E-state index in [1.54, 1.807) is 0 Å². The van der Waals surface area contributed by atoms with E-state index in [2.05, 4.69) is 6.92 Å². The van der Waals surface area contributed by atoms with Crippen LogP contribution in [0.25, 0.3) is 0 Å². The smallest absolute Gasteiger partial charge is 0.321 e. The Kier molecular flexibility index (Phi) is 13.2. The first-order valence-corrected chi connectivity index (χ1v) is 11.0. The zero-order valence-electron chi connectivity index (χ0n) is 15.9. The zero-order valence-corrected chi connectivity index (χ0v) is 16.7. The van der Waals surface area contributed by atoms with Gasteiger partial charge in [-0.3, -0.25) is 19.0 Å². The molecular weight excluding hydrogens is 378 g/mol. The molecule has 0 heterocycles. The molecule has 0 saturated carbocycles. The summed E-state index contributed by atoms with van der Waals surface area (Å²) >= 11 is 0. The molecule has 160 valence electrons. The number of aliphatic hydroxyl groups is 1. The van der Waals surface area contributed by atoms with Crippen LogP contribution in [0.15, 0.2) is 0 Å². The maximum atomic E-state index is 11.4. The monoisotopic (exact) mass is 411 g/mol. The van der Waals surface area contributed by atoms with E-state index in [1.807, 2.05) is 0 Å². The van der Waals surface area contributed by atoms with Crippen molar-refractivity contribution in [1.29, 1.82) is 0 Å². The summed E-state index contributed by atoms with van der Waals surface area (Å²) in [4.78, 5) is 23.6. The second kappa shape index (κ2) is 13.9. The topological polar surface area (TPSA) is 152 Å². The molecule has 0 fully saturated rings. The molecular formula is C17H33NO8S. The first-order chi connectivity index (χ1) is 12.6. The molecule has 27 heavy (non-hydrogen) atoms. The molecule has 0 aliphatic rings. The Hall–Kier alpha value is -1.23. The number of hydrogen-bond donors (Lipinski definition) is 4. The van der Waals surface area contributed by atoms with Crippen molar-refractivity contribution in [3.05, 3.63) is 0 Å². The van der Waals surface area contributed by atoms with Crippen molar-refractivity contribution in [2.45, 2.75) is 76.9 Å². The van der Waals surface area contributed by atoms with Crippen LogP contribution in [0.1, 0.15) is 64.7 Å². The third-order valence-corrected chi connectivity index (χ3v) is 5.05. The Bertz CT molecular complexity index is 537. The Morgan fingerprint density at radius 2 is 1.48 bits per heavy atom. The fraction of sp³-hybridized carbons (Fsp3) is 0.882. The van der Waals surface area contributed by atoms with Crippen molar-refractivity contribution >= 4 is 22.1 Å². The molecule has 0 aromatic heterocycles. The maximum Gasteiger partial charge on any atom is 0.321 e. The number of carboxylic acid groups (broad SMARTS) is 2. The van der Waals surface area contributed by atoms with Gasteiger partial charge in [0.1, 0.15) is 11.8 Å². The third kappa shape index (κ3) is 14.5. The molecule has 9 nitrogen and oxygen atoms in total.